The summed E-state index contributed by atoms with van der Waals surface area (Å²) in [4.78, 5) is 6.11. The van der Waals surface area contributed by atoms with Crippen LogP contribution in [0.4, 0.5) is 11.7 Å². The average molecular weight is 308 g/mol. The third-order valence-corrected chi connectivity index (χ3v) is 3.31. The van der Waals surface area contributed by atoms with E-state index < -0.39 is 0 Å². The molecule has 0 atom stereocenters. The van der Waals surface area contributed by atoms with E-state index in [0.717, 1.165) is 16.8 Å². The fourth-order valence-electron chi connectivity index (χ4n) is 2.06. The van der Waals surface area contributed by atoms with Crippen LogP contribution in [0.3, 0.4) is 0 Å². The third kappa shape index (κ3) is 3.37. The van der Waals surface area contributed by atoms with Gasteiger partial charge in [-0.05, 0) is 41.6 Å². The fraction of sp³-hybridized carbons (Fsp3) is 0.118. The second-order valence-electron chi connectivity index (χ2n) is 5.21. The molecule has 0 N–H and O–H groups in total. The molecule has 1 heterocycles. The summed E-state index contributed by atoms with van der Waals surface area (Å²) in [6, 6.07) is 16.8. The van der Waals surface area contributed by atoms with E-state index in [1.165, 1.54) is 6.21 Å². The topological polar surface area (TPSA) is 68.2 Å². The Morgan fingerprint density at radius 2 is 1.74 bits per heavy atom. The minimum atomic E-state index is -0.0967. The van der Waals surface area contributed by atoms with Crippen molar-refractivity contribution in [3.05, 3.63) is 65.4 Å². The van der Waals surface area contributed by atoms with Crippen LogP contribution in [0.1, 0.15) is 5.56 Å². The lowest BCUT2D eigenvalue weighted by Gasteiger charge is -2.11. The van der Waals surface area contributed by atoms with Crippen molar-refractivity contribution in [1.82, 2.24) is 10.1 Å². The van der Waals surface area contributed by atoms with Crippen molar-refractivity contribution in [1.29, 1.82) is 0 Å². The molecule has 0 spiro atoms. The maximum Gasteiger partial charge on any atom is 0.530 e. The minimum absolute atomic E-state index is 0.0967. The van der Waals surface area contributed by atoms with E-state index in [4.69, 9.17) is 4.52 Å². The zero-order valence-electron chi connectivity index (χ0n) is 12.9. The Kier molecular flexibility index (Phi) is 4.05. The van der Waals surface area contributed by atoms with Crippen molar-refractivity contribution in [3.63, 3.8) is 0 Å². The number of rotatable bonds is 4. The van der Waals surface area contributed by atoms with Gasteiger partial charge in [0, 0.05) is 35.9 Å². The molecule has 23 heavy (non-hydrogen) atoms. The molecule has 3 aromatic rings. The van der Waals surface area contributed by atoms with Crippen molar-refractivity contribution >= 4 is 17.9 Å². The third-order valence-electron chi connectivity index (χ3n) is 3.31. The normalized spacial score (nSPS) is 11.5. The molecular weight excluding hydrogens is 292 g/mol. The molecule has 0 fully saturated rings. The van der Waals surface area contributed by atoms with Crippen LogP contribution in [0.5, 0.6) is 0 Å². The van der Waals surface area contributed by atoms with Crippen LogP contribution < -0.4 is 4.90 Å². The Morgan fingerprint density at radius 1 is 1.04 bits per heavy atom. The van der Waals surface area contributed by atoms with Crippen LogP contribution in [0.25, 0.3) is 11.4 Å². The standard InChI is InChI=1S/C17H16N4O2/c1-20(2)15-10-8-13(9-11-15)12-21(22)17-18-16(19-23-17)14-6-4-3-5-7-14/h3-12H,1-2H3/b21-12-. The summed E-state index contributed by atoms with van der Waals surface area (Å²) in [6.45, 7) is 0. The first kappa shape index (κ1) is 14.8. The summed E-state index contributed by atoms with van der Waals surface area (Å²) in [5.41, 5.74) is 2.61. The molecule has 0 unspecified atom stereocenters. The molecule has 0 amide bonds. The maximum atomic E-state index is 12.1. The zero-order chi connectivity index (χ0) is 16.2. The van der Waals surface area contributed by atoms with E-state index in [9.17, 15) is 5.21 Å². The monoisotopic (exact) mass is 308 g/mol. The average Bonchev–Trinajstić information content (AvgIpc) is 3.06. The largest absolute Gasteiger partial charge is 0.708 e. The molecule has 0 radical (unpaired) electrons. The van der Waals surface area contributed by atoms with Crippen LogP contribution >= 0.6 is 0 Å². The van der Waals surface area contributed by atoms with Gasteiger partial charge in [0.2, 0.25) is 0 Å². The Balaban J connectivity index is 1.83. The SMILES string of the molecule is CN(C)c1ccc(/C=[N+](\[O-])c2nc(-c3ccccc3)no2)cc1. The molecule has 3 rings (SSSR count). The van der Waals surface area contributed by atoms with Gasteiger partial charge in [-0.15, -0.1) is 0 Å². The molecule has 0 saturated carbocycles. The highest BCUT2D eigenvalue weighted by molar-refractivity contribution is 5.77. The second kappa shape index (κ2) is 6.31. The van der Waals surface area contributed by atoms with Gasteiger partial charge in [-0.3, -0.25) is 4.52 Å². The molecule has 2 aromatic carbocycles. The smallest absolute Gasteiger partial charge is 0.530 e. The maximum absolute atomic E-state index is 12.1. The quantitative estimate of drug-likeness (QED) is 0.321. The van der Waals surface area contributed by atoms with Crippen molar-refractivity contribution in [2.75, 3.05) is 19.0 Å². The lowest BCUT2D eigenvalue weighted by Crippen LogP contribution is -2.08. The highest BCUT2D eigenvalue weighted by Crippen LogP contribution is 2.18. The van der Waals surface area contributed by atoms with Crippen LogP contribution in [-0.4, -0.2) is 35.2 Å². The van der Waals surface area contributed by atoms with E-state index in [1.807, 2.05) is 73.6 Å². The van der Waals surface area contributed by atoms with E-state index in [0.29, 0.717) is 10.6 Å². The first-order valence-electron chi connectivity index (χ1n) is 7.11. The molecule has 6 nitrogen and oxygen atoms in total. The number of anilines is 1. The van der Waals surface area contributed by atoms with Gasteiger partial charge in [0.15, 0.2) is 0 Å². The van der Waals surface area contributed by atoms with Gasteiger partial charge in [-0.25, -0.2) is 0 Å². The summed E-state index contributed by atoms with van der Waals surface area (Å²) in [5, 5.41) is 16.0. The lowest BCUT2D eigenvalue weighted by atomic mass is 10.2. The van der Waals surface area contributed by atoms with Crippen LogP contribution in [0.2, 0.25) is 0 Å². The van der Waals surface area contributed by atoms with Gasteiger partial charge < -0.3 is 10.1 Å². The summed E-state index contributed by atoms with van der Waals surface area (Å²) in [5.74, 6) is 0.387. The molecule has 0 saturated heterocycles. The van der Waals surface area contributed by atoms with Crippen molar-refractivity contribution < 1.29 is 9.26 Å². The zero-order valence-corrected chi connectivity index (χ0v) is 12.9. The van der Waals surface area contributed by atoms with Crippen LogP contribution in [0, 0.1) is 5.21 Å². The summed E-state index contributed by atoms with van der Waals surface area (Å²) >= 11 is 0. The Hall–Kier alpha value is -3.15. The summed E-state index contributed by atoms with van der Waals surface area (Å²) < 4.78 is 5.60. The number of hydrogen-bond donors (Lipinski definition) is 0. The van der Waals surface area contributed by atoms with Crippen LogP contribution in [0.15, 0.2) is 59.1 Å². The highest BCUT2D eigenvalue weighted by atomic mass is 16.6. The molecule has 116 valence electrons. The molecule has 0 aliphatic rings. The first-order valence-corrected chi connectivity index (χ1v) is 7.11. The van der Waals surface area contributed by atoms with E-state index in [1.54, 1.807) is 0 Å². The van der Waals surface area contributed by atoms with Gasteiger partial charge in [0.1, 0.15) is 6.21 Å². The predicted molar refractivity (Wildman–Crippen MR) is 89.0 cm³/mol. The van der Waals surface area contributed by atoms with Crippen LogP contribution in [-0.2, 0) is 0 Å². The van der Waals surface area contributed by atoms with Gasteiger partial charge in [0.25, 0.3) is 0 Å². The molecular formula is C17H16N4O2. The number of benzene rings is 2. The summed E-state index contributed by atoms with van der Waals surface area (Å²) in [6.07, 6.45) is 1.40. The Bertz CT molecular complexity index is 808. The minimum Gasteiger partial charge on any atom is -0.708 e. The lowest BCUT2D eigenvalue weighted by molar-refractivity contribution is -0.379. The summed E-state index contributed by atoms with van der Waals surface area (Å²) in [7, 11) is 3.92. The Morgan fingerprint density at radius 3 is 2.39 bits per heavy atom. The van der Waals surface area contributed by atoms with Gasteiger partial charge in [0.05, 0.1) is 0 Å². The van der Waals surface area contributed by atoms with Gasteiger partial charge in [-0.2, -0.15) is 4.74 Å². The van der Waals surface area contributed by atoms with Gasteiger partial charge in [-0.1, -0.05) is 18.2 Å². The Labute approximate surface area is 133 Å². The van der Waals surface area contributed by atoms with E-state index >= 15 is 0 Å². The molecule has 1 aromatic heterocycles. The van der Waals surface area contributed by atoms with E-state index in [2.05, 4.69) is 10.1 Å². The fourth-order valence-corrected chi connectivity index (χ4v) is 2.06. The van der Waals surface area contributed by atoms with Gasteiger partial charge >= 0.3 is 11.8 Å². The van der Waals surface area contributed by atoms with E-state index in [-0.39, 0.29) is 6.01 Å². The second-order valence-corrected chi connectivity index (χ2v) is 5.21. The number of nitrogens with zero attached hydrogens (tertiary/aromatic N) is 4. The number of aromatic nitrogens is 2. The predicted octanol–water partition coefficient (Wildman–Crippen LogP) is 3.06. The number of hydrogen-bond acceptors (Lipinski definition) is 5. The van der Waals surface area contributed by atoms with Crippen molar-refractivity contribution in [2.24, 2.45) is 0 Å². The first-order chi connectivity index (χ1) is 11.1. The highest BCUT2D eigenvalue weighted by Gasteiger charge is 2.17. The molecule has 0 aliphatic heterocycles. The van der Waals surface area contributed by atoms with Crippen molar-refractivity contribution in [2.45, 2.75) is 0 Å². The molecule has 6 heteroatoms. The molecule has 0 aliphatic carbocycles. The molecule has 0 bridgehead atoms. The van der Waals surface area contributed by atoms with Crippen molar-refractivity contribution in [3.8, 4) is 11.4 Å².